The van der Waals surface area contributed by atoms with E-state index in [0.717, 1.165) is 12.3 Å². The Morgan fingerprint density at radius 1 is 1.45 bits per heavy atom. The lowest BCUT2D eigenvalue weighted by atomic mass is 10.2. The second kappa shape index (κ2) is 2.47. The molecule has 0 bridgehead atoms. The highest BCUT2D eigenvalue weighted by molar-refractivity contribution is 5.28. The number of alkyl halides is 3. The van der Waals surface area contributed by atoms with Crippen LogP contribution in [0.15, 0.2) is 29.3 Å². The monoisotopic (exact) mass is 161 g/mol. The molecule has 1 nitrogen and oxygen atoms in total. The maximum absolute atomic E-state index is 11.9. The summed E-state index contributed by atoms with van der Waals surface area (Å²) < 4.78 is 35.6. The predicted octanol–water partition coefficient (Wildman–Crippen LogP) is 2.09. The standard InChI is InChI=1S/C7H6F3N/c1-5-2-3-6(4-11-5)7(8,9)10/h3-4,11H,1H3. The van der Waals surface area contributed by atoms with E-state index < -0.39 is 11.7 Å². The van der Waals surface area contributed by atoms with Crippen LogP contribution in [0.5, 0.6) is 0 Å². The van der Waals surface area contributed by atoms with E-state index >= 15 is 0 Å². The lowest BCUT2D eigenvalue weighted by Crippen LogP contribution is -2.15. The molecule has 0 fully saturated rings. The number of allylic oxidation sites excluding steroid dienone is 2. The van der Waals surface area contributed by atoms with Gasteiger partial charge in [0.15, 0.2) is 0 Å². The van der Waals surface area contributed by atoms with E-state index in [1.165, 1.54) is 0 Å². The van der Waals surface area contributed by atoms with Crippen LogP contribution in [0.1, 0.15) is 6.92 Å². The molecule has 11 heavy (non-hydrogen) atoms. The summed E-state index contributed by atoms with van der Waals surface area (Å²) in [4.78, 5) is 0. The minimum atomic E-state index is -4.28. The summed E-state index contributed by atoms with van der Waals surface area (Å²) in [5.74, 6) is 0. The van der Waals surface area contributed by atoms with Crippen molar-refractivity contribution in [1.82, 2.24) is 5.32 Å². The van der Waals surface area contributed by atoms with Crippen LogP contribution < -0.4 is 5.32 Å². The Labute approximate surface area is 61.9 Å². The van der Waals surface area contributed by atoms with E-state index in [1.54, 1.807) is 6.92 Å². The molecule has 0 aromatic rings. The van der Waals surface area contributed by atoms with Crippen molar-refractivity contribution in [3.05, 3.63) is 29.3 Å². The summed E-state index contributed by atoms with van der Waals surface area (Å²) in [7, 11) is 0. The molecule has 1 heterocycles. The van der Waals surface area contributed by atoms with Crippen LogP contribution >= 0.6 is 0 Å². The van der Waals surface area contributed by atoms with Crippen molar-refractivity contribution in [2.75, 3.05) is 0 Å². The van der Waals surface area contributed by atoms with Crippen molar-refractivity contribution in [2.45, 2.75) is 13.1 Å². The maximum Gasteiger partial charge on any atom is 0.418 e. The largest absolute Gasteiger partial charge is 0.418 e. The average molecular weight is 161 g/mol. The predicted molar refractivity (Wildman–Crippen MR) is 34.5 cm³/mol. The van der Waals surface area contributed by atoms with Crippen LogP contribution in [0.25, 0.3) is 0 Å². The molecule has 0 spiro atoms. The van der Waals surface area contributed by atoms with E-state index in [9.17, 15) is 13.2 Å². The summed E-state index contributed by atoms with van der Waals surface area (Å²) in [5.41, 5.74) is 2.31. The molecule has 0 unspecified atom stereocenters. The van der Waals surface area contributed by atoms with Gasteiger partial charge in [-0.15, -0.1) is 0 Å². The molecular weight excluding hydrogens is 155 g/mol. The molecule has 60 valence electrons. The summed E-state index contributed by atoms with van der Waals surface area (Å²) in [6, 6.07) is 0. The first-order valence-corrected chi connectivity index (χ1v) is 2.97. The van der Waals surface area contributed by atoms with Gasteiger partial charge in [0.05, 0.1) is 11.3 Å². The fraction of sp³-hybridized carbons (Fsp3) is 0.286. The van der Waals surface area contributed by atoms with Gasteiger partial charge in [-0.1, -0.05) is 5.73 Å². The number of hydrogen-bond acceptors (Lipinski definition) is 1. The zero-order chi connectivity index (χ0) is 8.48. The number of hydrogen-bond donors (Lipinski definition) is 1. The molecule has 0 aromatic carbocycles. The molecule has 0 aromatic heterocycles. The summed E-state index contributed by atoms with van der Waals surface area (Å²) >= 11 is 0. The summed E-state index contributed by atoms with van der Waals surface area (Å²) in [6.07, 6.45) is -2.43. The molecule has 1 rings (SSSR count). The molecule has 1 N–H and O–H groups in total. The topological polar surface area (TPSA) is 12.0 Å². The van der Waals surface area contributed by atoms with Crippen molar-refractivity contribution in [3.8, 4) is 0 Å². The summed E-state index contributed by atoms with van der Waals surface area (Å²) in [5, 5.41) is 2.43. The van der Waals surface area contributed by atoms with Crippen molar-refractivity contribution >= 4 is 0 Å². The van der Waals surface area contributed by atoms with Crippen LogP contribution in [0, 0.1) is 0 Å². The smallest absolute Gasteiger partial charge is 0.358 e. The Kier molecular flexibility index (Phi) is 1.79. The third kappa shape index (κ3) is 1.88. The first-order chi connectivity index (χ1) is 5.00. The van der Waals surface area contributed by atoms with Gasteiger partial charge < -0.3 is 5.32 Å². The molecule has 0 amide bonds. The van der Waals surface area contributed by atoms with Gasteiger partial charge in [-0.25, -0.2) is 0 Å². The van der Waals surface area contributed by atoms with E-state index in [0.29, 0.717) is 5.70 Å². The van der Waals surface area contributed by atoms with Gasteiger partial charge in [-0.3, -0.25) is 0 Å². The first-order valence-electron chi connectivity index (χ1n) is 2.97. The van der Waals surface area contributed by atoms with E-state index in [1.807, 2.05) is 0 Å². The molecular formula is C7H6F3N. The van der Waals surface area contributed by atoms with Gasteiger partial charge in [0.1, 0.15) is 0 Å². The molecule has 0 atom stereocenters. The Morgan fingerprint density at radius 3 is 2.45 bits per heavy atom. The highest BCUT2D eigenvalue weighted by atomic mass is 19.4. The fourth-order valence-corrected chi connectivity index (χ4v) is 0.619. The minimum Gasteiger partial charge on any atom is -0.358 e. The quantitative estimate of drug-likeness (QED) is 0.536. The van der Waals surface area contributed by atoms with Crippen molar-refractivity contribution in [2.24, 2.45) is 0 Å². The third-order valence-corrected chi connectivity index (χ3v) is 1.22. The van der Waals surface area contributed by atoms with Crippen LogP contribution in [-0.4, -0.2) is 6.18 Å². The SMILES string of the molecule is CC1=C=CC(C(F)(F)F)=CN1. The highest BCUT2D eigenvalue weighted by Crippen LogP contribution is 2.26. The van der Waals surface area contributed by atoms with E-state index in [2.05, 4.69) is 11.0 Å². The molecule has 0 aliphatic carbocycles. The summed E-state index contributed by atoms with van der Waals surface area (Å²) in [6.45, 7) is 1.64. The lowest BCUT2D eigenvalue weighted by molar-refractivity contribution is -0.0885. The molecule has 1 aliphatic rings. The van der Waals surface area contributed by atoms with Gasteiger partial charge in [-0.05, 0) is 13.0 Å². The van der Waals surface area contributed by atoms with Gasteiger partial charge >= 0.3 is 6.18 Å². The molecule has 4 heteroatoms. The zero-order valence-corrected chi connectivity index (χ0v) is 5.79. The van der Waals surface area contributed by atoms with Crippen LogP contribution in [0.3, 0.4) is 0 Å². The van der Waals surface area contributed by atoms with Crippen molar-refractivity contribution in [1.29, 1.82) is 0 Å². The Balaban J connectivity index is 2.89. The first kappa shape index (κ1) is 7.95. The van der Waals surface area contributed by atoms with Gasteiger partial charge in [-0.2, -0.15) is 13.2 Å². The molecule has 0 radical (unpaired) electrons. The van der Waals surface area contributed by atoms with E-state index in [4.69, 9.17) is 0 Å². The number of halogens is 3. The van der Waals surface area contributed by atoms with Crippen LogP contribution in [0.2, 0.25) is 0 Å². The highest BCUT2D eigenvalue weighted by Gasteiger charge is 2.32. The van der Waals surface area contributed by atoms with Crippen molar-refractivity contribution < 1.29 is 13.2 Å². The Hall–Kier alpha value is -1.15. The average Bonchev–Trinajstić information content (AvgIpc) is 1.86. The molecule has 1 aliphatic heterocycles. The van der Waals surface area contributed by atoms with Gasteiger partial charge in [0.25, 0.3) is 0 Å². The third-order valence-electron chi connectivity index (χ3n) is 1.22. The molecule has 0 saturated heterocycles. The lowest BCUT2D eigenvalue weighted by Gasteiger charge is -2.10. The molecule has 0 saturated carbocycles. The fourth-order valence-electron chi connectivity index (χ4n) is 0.619. The zero-order valence-electron chi connectivity index (χ0n) is 5.79. The normalized spacial score (nSPS) is 17.1. The number of nitrogens with one attached hydrogen (secondary N) is 1. The van der Waals surface area contributed by atoms with Crippen LogP contribution in [-0.2, 0) is 0 Å². The minimum absolute atomic E-state index is 0.581. The second-order valence-corrected chi connectivity index (χ2v) is 2.16. The maximum atomic E-state index is 11.9. The van der Waals surface area contributed by atoms with Gasteiger partial charge in [0, 0.05) is 6.20 Å². The number of rotatable bonds is 0. The van der Waals surface area contributed by atoms with Crippen LogP contribution in [0.4, 0.5) is 13.2 Å². The Bertz CT molecular complexity index is 253. The second-order valence-electron chi connectivity index (χ2n) is 2.16. The van der Waals surface area contributed by atoms with E-state index in [-0.39, 0.29) is 0 Å². The van der Waals surface area contributed by atoms with Crippen molar-refractivity contribution in [3.63, 3.8) is 0 Å². The van der Waals surface area contributed by atoms with Gasteiger partial charge in [0.2, 0.25) is 0 Å². The Morgan fingerprint density at radius 2 is 2.09 bits per heavy atom.